The summed E-state index contributed by atoms with van der Waals surface area (Å²) in [6, 6.07) is 26.5. The number of Topliss-reactive ketones (excluding diaryl/α,β-unsaturated/α-hetero) is 1. The summed E-state index contributed by atoms with van der Waals surface area (Å²) in [4.78, 5) is 37.8. The second-order valence-corrected chi connectivity index (χ2v) is 14.9. The summed E-state index contributed by atoms with van der Waals surface area (Å²) in [6.07, 6.45) is 10.7. The van der Waals surface area contributed by atoms with E-state index in [1.54, 1.807) is 56.0 Å². The Bertz CT molecular complexity index is 2540. The van der Waals surface area contributed by atoms with E-state index in [1.165, 1.54) is 6.92 Å². The highest BCUT2D eigenvalue weighted by Gasteiger charge is 2.19. The quantitative estimate of drug-likeness (QED) is 0.120. The largest absolute Gasteiger partial charge is 0.489 e. The molecule has 0 bridgehead atoms. The minimum absolute atomic E-state index is 0.0673. The number of nitrogens with zero attached hydrogens (tertiary/aromatic N) is 8. The van der Waals surface area contributed by atoms with Crippen molar-refractivity contribution in [3.05, 3.63) is 143 Å². The van der Waals surface area contributed by atoms with Crippen LogP contribution in [0.3, 0.4) is 0 Å². The molecule has 1 unspecified atom stereocenters. The lowest BCUT2D eigenvalue weighted by Crippen LogP contribution is -2.26. The first-order chi connectivity index (χ1) is 30.2. The van der Waals surface area contributed by atoms with E-state index in [0.29, 0.717) is 84.9 Å². The van der Waals surface area contributed by atoms with Crippen molar-refractivity contribution in [2.75, 3.05) is 26.4 Å². The number of rotatable bonds is 12. The third-order valence-corrected chi connectivity index (χ3v) is 10.3. The van der Waals surface area contributed by atoms with Gasteiger partial charge in [-0.3, -0.25) is 14.8 Å². The first kappa shape index (κ1) is 43.1. The van der Waals surface area contributed by atoms with Gasteiger partial charge in [0.2, 0.25) is 0 Å². The van der Waals surface area contributed by atoms with Crippen LogP contribution >= 0.6 is 0 Å². The molecule has 8 rings (SSSR count). The Morgan fingerprint density at radius 3 is 1.58 bits per heavy atom. The van der Waals surface area contributed by atoms with Crippen molar-refractivity contribution in [2.45, 2.75) is 70.7 Å². The number of pyridine rings is 2. The molecule has 0 spiro atoms. The molecular weight excluding hydrogens is 785 g/mol. The van der Waals surface area contributed by atoms with Crippen LogP contribution in [0.25, 0.3) is 22.5 Å². The van der Waals surface area contributed by atoms with Gasteiger partial charge in [0.1, 0.15) is 53.2 Å². The normalized spacial score (nSPS) is 14.7. The van der Waals surface area contributed by atoms with E-state index in [0.717, 1.165) is 59.3 Å². The van der Waals surface area contributed by atoms with Crippen molar-refractivity contribution < 1.29 is 28.8 Å². The van der Waals surface area contributed by atoms with Crippen LogP contribution in [-0.4, -0.2) is 79.4 Å². The molecule has 14 nitrogen and oxygen atoms in total. The van der Waals surface area contributed by atoms with Crippen LogP contribution < -0.4 is 9.47 Å². The van der Waals surface area contributed by atoms with Crippen LogP contribution in [0.4, 0.5) is 0 Å². The van der Waals surface area contributed by atoms with Gasteiger partial charge in [-0.05, 0) is 78.7 Å². The van der Waals surface area contributed by atoms with Crippen LogP contribution in [0, 0.1) is 22.7 Å². The number of ketones is 1. The zero-order chi connectivity index (χ0) is 43.3. The maximum atomic E-state index is 11.4. The molecule has 62 heavy (non-hydrogen) atoms. The number of ether oxygens (including phenoxy) is 4. The van der Waals surface area contributed by atoms with E-state index in [-0.39, 0.29) is 18.0 Å². The van der Waals surface area contributed by atoms with Gasteiger partial charge in [-0.15, -0.1) is 0 Å². The fourth-order valence-corrected chi connectivity index (χ4v) is 6.89. The highest BCUT2D eigenvalue weighted by Crippen LogP contribution is 2.29. The summed E-state index contributed by atoms with van der Waals surface area (Å²) in [5.41, 5.74) is 7.04. The first-order valence-electron chi connectivity index (χ1n) is 20.5. The molecule has 6 aromatic rings. The SMILES string of the molecule is CC(=O)c1ccc(Cc2nccc(-c3ccc(OC4CCOCC4)c(C#N)c3)n2)cn1.CC(O)c1ccc(Cc2nccc(-c3ccc(OC4CCOCC4)c(C#N)c3)n2)cn1. The molecular formula is C48H46N8O6. The molecule has 2 aliphatic heterocycles. The molecule has 314 valence electrons. The Morgan fingerprint density at radius 2 is 1.18 bits per heavy atom. The molecule has 2 saturated heterocycles. The predicted molar refractivity (Wildman–Crippen MR) is 228 cm³/mol. The molecule has 0 saturated carbocycles. The van der Waals surface area contributed by atoms with Crippen molar-refractivity contribution in [1.29, 1.82) is 10.5 Å². The number of aliphatic hydroxyl groups excluding tert-OH is 1. The maximum absolute atomic E-state index is 11.4. The van der Waals surface area contributed by atoms with Crippen molar-refractivity contribution in [2.24, 2.45) is 0 Å². The summed E-state index contributed by atoms with van der Waals surface area (Å²) in [5.74, 6) is 2.41. The number of nitriles is 2. The molecule has 1 atom stereocenters. The average Bonchev–Trinajstić information content (AvgIpc) is 3.31. The van der Waals surface area contributed by atoms with Gasteiger partial charge < -0.3 is 24.1 Å². The Morgan fingerprint density at radius 1 is 0.694 bits per heavy atom. The lowest BCUT2D eigenvalue weighted by molar-refractivity contribution is 0.0252. The third-order valence-electron chi connectivity index (χ3n) is 10.3. The highest BCUT2D eigenvalue weighted by molar-refractivity contribution is 5.92. The number of benzene rings is 2. The lowest BCUT2D eigenvalue weighted by Gasteiger charge is -2.23. The van der Waals surface area contributed by atoms with Crippen molar-refractivity contribution in [1.82, 2.24) is 29.9 Å². The van der Waals surface area contributed by atoms with E-state index in [2.05, 4.69) is 42.0 Å². The number of carbonyl (C=O) groups is 1. The highest BCUT2D eigenvalue weighted by atomic mass is 16.5. The van der Waals surface area contributed by atoms with Gasteiger partial charge in [0.05, 0.1) is 60.7 Å². The fourth-order valence-electron chi connectivity index (χ4n) is 6.89. The van der Waals surface area contributed by atoms with Gasteiger partial charge in [-0.25, -0.2) is 19.9 Å². The summed E-state index contributed by atoms with van der Waals surface area (Å²) in [5, 5.41) is 28.8. The minimum atomic E-state index is -0.596. The molecule has 2 aliphatic rings. The Balaban J connectivity index is 0.000000186. The number of hydrogen-bond donors (Lipinski definition) is 1. The molecule has 0 radical (unpaired) electrons. The number of aromatic nitrogens is 6. The van der Waals surface area contributed by atoms with Gasteiger partial charge in [0, 0.05) is 81.4 Å². The van der Waals surface area contributed by atoms with Crippen LogP contribution in [0.2, 0.25) is 0 Å². The fraction of sp³-hybridized carbons (Fsp3) is 0.312. The van der Waals surface area contributed by atoms with E-state index in [9.17, 15) is 20.4 Å². The van der Waals surface area contributed by atoms with E-state index in [4.69, 9.17) is 18.9 Å². The summed E-state index contributed by atoms with van der Waals surface area (Å²) >= 11 is 0. The summed E-state index contributed by atoms with van der Waals surface area (Å²) < 4.78 is 22.8. The number of carbonyl (C=O) groups excluding carboxylic acids is 1. The molecule has 2 aromatic carbocycles. The van der Waals surface area contributed by atoms with Crippen molar-refractivity contribution in [3.63, 3.8) is 0 Å². The zero-order valence-corrected chi connectivity index (χ0v) is 34.6. The van der Waals surface area contributed by atoms with E-state index >= 15 is 0 Å². The first-order valence-corrected chi connectivity index (χ1v) is 20.5. The monoisotopic (exact) mass is 830 g/mol. The molecule has 4 aromatic heterocycles. The second kappa shape index (κ2) is 21.0. The third kappa shape index (κ3) is 11.6. The number of aliphatic hydroxyl groups is 1. The molecule has 14 heteroatoms. The predicted octanol–water partition coefficient (Wildman–Crippen LogP) is 7.37. The standard InChI is InChI=1S/C24H24N4O3.C24H22N4O3/c2*1-16(29)21-4-2-17(15-27-21)12-24-26-9-6-22(28-24)18-3-5-23(19(13-18)14-25)31-20-7-10-30-11-8-20/h2-6,9,13,15-16,20,29H,7-8,10-12H2,1H3;2-6,9,13,15,20H,7-8,10-12H2,1H3. The van der Waals surface area contributed by atoms with Crippen molar-refractivity contribution >= 4 is 5.78 Å². The van der Waals surface area contributed by atoms with Crippen LogP contribution in [0.5, 0.6) is 11.5 Å². The molecule has 2 fully saturated rings. The van der Waals surface area contributed by atoms with Crippen molar-refractivity contribution in [3.8, 4) is 46.2 Å². The van der Waals surface area contributed by atoms with Crippen LogP contribution in [0.1, 0.15) is 95.7 Å². The van der Waals surface area contributed by atoms with Gasteiger partial charge in [0.15, 0.2) is 5.78 Å². The van der Waals surface area contributed by atoms with Gasteiger partial charge in [-0.2, -0.15) is 10.5 Å². The number of hydrogen-bond acceptors (Lipinski definition) is 14. The van der Waals surface area contributed by atoms with Crippen LogP contribution in [-0.2, 0) is 22.3 Å². The van der Waals surface area contributed by atoms with E-state index in [1.807, 2.05) is 48.5 Å². The molecule has 0 amide bonds. The minimum Gasteiger partial charge on any atom is -0.489 e. The Labute approximate surface area is 360 Å². The Kier molecular flexibility index (Phi) is 14.6. The zero-order valence-electron chi connectivity index (χ0n) is 34.6. The molecule has 6 heterocycles. The lowest BCUT2D eigenvalue weighted by atomic mass is 10.1. The van der Waals surface area contributed by atoms with E-state index < -0.39 is 6.10 Å². The van der Waals surface area contributed by atoms with Gasteiger partial charge >= 0.3 is 0 Å². The second-order valence-electron chi connectivity index (χ2n) is 14.9. The maximum Gasteiger partial charge on any atom is 0.178 e. The summed E-state index contributed by atoms with van der Waals surface area (Å²) in [7, 11) is 0. The van der Waals surface area contributed by atoms with Gasteiger partial charge in [0.25, 0.3) is 0 Å². The topological polar surface area (TPSA) is 199 Å². The van der Waals surface area contributed by atoms with Gasteiger partial charge in [-0.1, -0.05) is 12.1 Å². The summed E-state index contributed by atoms with van der Waals surface area (Å²) in [6.45, 7) is 5.91. The Hall–Kier alpha value is -6.97. The smallest absolute Gasteiger partial charge is 0.178 e. The average molecular weight is 831 g/mol. The molecule has 1 N–H and O–H groups in total. The van der Waals surface area contributed by atoms with Crippen LogP contribution in [0.15, 0.2) is 97.6 Å². The molecule has 0 aliphatic carbocycles.